The van der Waals surface area contributed by atoms with Crippen molar-refractivity contribution in [2.24, 2.45) is 5.73 Å². The van der Waals surface area contributed by atoms with Crippen molar-refractivity contribution in [3.05, 3.63) is 46.2 Å². The van der Waals surface area contributed by atoms with Gasteiger partial charge in [-0.1, -0.05) is 6.07 Å². The molecule has 10 nitrogen and oxygen atoms in total. The summed E-state index contributed by atoms with van der Waals surface area (Å²) in [6.07, 6.45) is 0. The normalized spacial score (nSPS) is 10.3. The van der Waals surface area contributed by atoms with Gasteiger partial charge in [0, 0.05) is 0 Å². The topological polar surface area (TPSA) is 147 Å². The predicted octanol–water partition coefficient (Wildman–Crippen LogP) is 1.98. The number of hydrogen-bond donors (Lipinski definition) is 2. The summed E-state index contributed by atoms with van der Waals surface area (Å²) in [6.45, 7) is 4.23. The Morgan fingerprint density at radius 2 is 1.77 bits per heavy atom. The Balaban J connectivity index is 2.11. The predicted molar refractivity (Wildman–Crippen MR) is 105 cm³/mol. The number of anilines is 1. The maximum absolute atomic E-state index is 12.2. The third kappa shape index (κ3) is 4.96. The van der Waals surface area contributed by atoms with Gasteiger partial charge in [-0.05, 0) is 38.5 Å². The lowest BCUT2D eigenvalue weighted by molar-refractivity contribution is -0.119. The average molecular weight is 418 g/mol. The molecule has 0 aliphatic heterocycles. The number of amides is 2. The zero-order chi connectivity index (χ0) is 22.4. The molecule has 10 heteroatoms. The molecule has 0 spiro atoms. The molecule has 0 saturated heterocycles. The number of furan rings is 1. The molecule has 0 bridgehead atoms. The fourth-order valence-electron chi connectivity index (χ4n) is 2.64. The van der Waals surface area contributed by atoms with Gasteiger partial charge in [0.2, 0.25) is 5.88 Å². The molecule has 30 heavy (non-hydrogen) atoms. The average Bonchev–Trinajstić information content (AvgIpc) is 3.02. The third-order valence-electron chi connectivity index (χ3n) is 4.04. The van der Waals surface area contributed by atoms with E-state index in [0.29, 0.717) is 5.75 Å². The lowest BCUT2D eigenvalue weighted by atomic mass is 10.1. The minimum absolute atomic E-state index is 0.0429. The first kappa shape index (κ1) is 22.5. The molecule has 2 amide bonds. The summed E-state index contributed by atoms with van der Waals surface area (Å²) in [5, 5.41) is 2.27. The zero-order valence-electron chi connectivity index (χ0n) is 17.0. The van der Waals surface area contributed by atoms with Gasteiger partial charge in [-0.15, -0.1) is 0 Å². The number of primary amides is 1. The SMILES string of the molecule is CCOC(=O)c1c(C)oc(NC(=O)COC(=O)c2ccc(C)c(OC)c2)c1C(N)=O. The molecular weight excluding hydrogens is 396 g/mol. The number of hydrogen-bond acceptors (Lipinski definition) is 8. The van der Waals surface area contributed by atoms with Gasteiger partial charge in [0.1, 0.15) is 22.6 Å². The Hall–Kier alpha value is -3.82. The molecule has 1 heterocycles. The summed E-state index contributed by atoms with van der Waals surface area (Å²) in [4.78, 5) is 48.2. The van der Waals surface area contributed by atoms with Crippen LogP contribution in [0.3, 0.4) is 0 Å². The fraction of sp³-hybridized carbons (Fsp3) is 0.300. The van der Waals surface area contributed by atoms with Gasteiger partial charge < -0.3 is 24.4 Å². The molecule has 0 radical (unpaired) electrons. The fourth-order valence-corrected chi connectivity index (χ4v) is 2.64. The van der Waals surface area contributed by atoms with Crippen LogP contribution in [0.2, 0.25) is 0 Å². The van der Waals surface area contributed by atoms with E-state index in [1.54, 1.807) is 13.0 Å². The van der Waals surface area contributed by atoms with Crippen molar-refractivity contribution in [2.75, 3.05) is 25.6 Å². The number of nitrogens with two attached hydrogens (primary N) is 1. The molecule has 0 unspecified atom stereocenters. The second-order valence-electron chi connectivity index (χ2n) is 6.13. The first-order valence-corrected chi connectivity index (χ1v) is 8.91. The molecule has 2 rings (SSSR count). The van der Waals surface area contributed by atoms with E-state index in [2.05, 4.69) is 5.32 Å². The summed E-state index contributed by atoms with van der Waals surface area (Å²) in [6, 6.07) is 4.70. The molecule has 0 saturated carbocycles. The molecular formula is C20H22N2O8. The molecule has 0 atom stereocenters. The number of carbonyl (C=O) groups excluding carboxylic acids is 4. The molecule has 160 valence electrons. The van der Waals surface area contributed by atoms with Crippen LogP contribution in [-0.4, -0.2) is 44.1 Å². The zero-order valence-corrected chi connectivity index (χ0v) is 17.0. The molecule has 0 aliphatic carbocycles. The third-order valence-corrected chi connectivity index (χ3v) is 4.04. The number of benzene rings is 1. The number of carbonyl (C=O) groups is 4. The summed E-state index contributed by atoms with van der Waals surface area (Å²) in [5.41, 5.74) is 5.84. The van der Waals surface area contributed by atoms with Crippen LogP contribution in [-0.2, 0) is 14.3 Å². The van der Waals surface area contributed by atoms with E-state index in [4.69, 9.17) is 24.4 Å². The number of ether oxygens (including phenoxy) is 3. The van der Waals surface area contributed by atoms with Crippen molar-refractivity contribution >= 4 is 29.6 Å². The van der Waals surface area contributed by atoms with E-state index in [1.165, 1.54) is 26.2 Å². The molecule has 0 aliphatic rings. The molecule has 3 N–H and O–H groups in total. The van der Waals surface area contributed by atoms with Crippen LogP contribution >= 0.6 is 0 Å². The van der Waals surface area contributed by atoms with Gasteiger partial charge in [0.05, 0.1) is 19.3 Å². The standard InChI is InChI=1S/C20H22N2O8/c1-5-28-20(26)15-11(3)30-18(16(15)17(21)24)22-14(23)9-29-19(25)12-7-6-10(2)13(8-12)27-4/h6-8H,5,9H2,1-4H3,(H2,21,24)(H,22,23). The highest BCUT2D eigenvalue weighted by atomic mass is 16.5. The lowest BCUT2D eigenvalue weighted by Gasteiger charge is -2.08. The Labute approximate surface area is 172 Å². The Bertz CT molecular complexity index is 993. The highest BCUT2D eigenvalue weighted by Crippen LogP contribution is 2.27. The summed E-state index contributed by atoms with van der Waals surface area (Å²) < 4.78 is 20.3. The van der Waals surface area contributed by atoms with Gasteiger partial charge in [-0.2, -0.15) is 0 Å². The number of esters is 2. The minimum Gasteiger partial charge on any atom is -0.496 e. The van der Waals surface area contributed by atoms with Gasteiger partial charge in [-0.3, -0.25) is 14.9 Å². The van der Waals surface area contributed by atoms with Gasteiger partial charge >= 0.3 is 11.9 Å². The maximum atomic E-state index is 12.2. The van der Waals surface area contributed by atoms with E-state index in [1.807, 2.05) is 6.92 Å². The highest BCUT2D eigenvalue weighted by molar-refractivity contribution is 6.10. The largest absolute Gasteiger partial charge is 0.496 e. The van der Waals surface area contributed by atoms with Crippen LogP contribution in [0.25, 0.3) is 0 Å². The van der Waals surface area contributed by atoms with Crippen LogP contribution in [0.4, 0.5) is 5.88 Å². The number of aryl methyl sites for hydroxylation is 2. The van der Waals surface area contributed by atoms with Crippen molar-refractivity contribution in [1.29, 1.82) is 0 Å². The molecule has 0 fully saturated rings. The first-order chi connectivity index (χ1) is 14.2. The number of methoxy groups -OCH3 is 1. The van der Waals surface area contributed by atoms with E-state index in [0.717, 1.165) is 5.56 Å². The monoisotopic (exact) mass is 418 g/mol. The molecule has 2 aromatic rings. The van der Waals surface area contributed by atoms with Crippen molar-refractivity contribution < 1.29 is 37.8 Å². The summed E-state index contributed by atoms with van der Waals surface area (Å²) in [5.74, 6) is -3.14. The van der Waals surface area contributed by atoms with Crippen molar-refractivity contribution in [3.63, 3.8) is 0 Å². The quantitative estimate of drug-likeness (QED) is 0.619. The van der Waals surface area contributed by atoms with Crippen molar-refractivity contribution in [3.8, 4) is 5.75 Å². The first-order valence-electron chi connectivity index (χ1n) is 8.91. The molecule has 1 aromatic heterocycles. The van der Waals surface area contributed by atoms with Crippen LogP contribution in [0.15, 0.2) is 22.6 Å². The van der Waals surface area contributed by atoms with E-state index in [-0.39, 0.29) is 34.9 Å². The maximum Gasteiger partial charge on any atom is 0.342 e. The number of nitrogens with one attached hydrogen (secondary N) is 1. The van der Waals surface area contributed by atoms with Gasteiger partial charge in [0.15, 0.2) is 6.61 Å². The Morgan fingerprint density at radius 1 is 1.07 bits per heavy atom. The minimum atomic E-state index is -0.992. The summed E-state index contributed by atoms with van der Waals surface area (Å²) in [7, 11) is 1.47. The van der Waals surface area contributed by atoms with Crippen LogP contribution in [0.5, 0.6) is 5.75 Å². The highest BCUT2D eigenvalue weighted by Gasteiger charge is 2.29. The Morgan fingerprint density at radius 3 is 2.37 bits per heavy atom. The smallest absolute Gasteiger partial charge is 0.342 e. The van der Waals surface area contributed by atoms with Crippen molar-refractivity contribution in [1.82, 2.24) is 0 Å². The van der Waals surface area contributed by atoms with Crippen LogP contribution in [0.1, 0.15) is 49.3 Å². The number of rotatable bonds is 8. The van der Waals surface area contributed by atoms with Gasteiger partial charge in [0.25, 0.3) is 11.8 Å². The van der Waals surface area contributed by atoms with Gasteiger partial charge in [-0.25, -0.2) is 9.59 Å². The lowest BCUT2D eigenvalue weighted by Crippen LogP contribution is -2.23. The van der Waals surface area contributed by atoms with Crippen LogP contribution in [0, 0.1) is 13.8 Å². The summed E-state index contributed by atoms with van der Waals surface area (Å²) >= 11 is 0. The van der Waals surface area contributed by atoms with E-state index < -0.39 is 30.4 Å². The van der Waals surface area contributed by atoms with Crippen LogP contribution < -0.4 is 15.8 Å². The Kier molecular flexibility index (Phi) is 7.18. The molecule has 1 aromatic carbocycles. The second kappa shape index (κ2) is 9.59. The van der Waals surface area contributed by atoms with E-state index in [9.17, 15) is 19.2 Å². The van der Waals surface area contributed by atoms with E-state index >= 15 is 0 Å². The van der Waals surface area contributed by atoms with Crippen molar-refractivity contribution in [2.45, 2.75) is 20.8 Å². The second-order valence-corrected chi connectivity index (χ2v) is 6.13.